The lowest BCUT2D eigenvalue weighted by Gasteiger charge is -2.21. The van der Waals surface area contributed by atoms with E-state index in [9.17, 15) is 39.6 Å². The molecule has 0 atom stereocenters. The molecular weight excluding hydrogens is 705 g/mol. The number of rotatable bonds is 12. The minimum absolute atomic E-state index is 0.213. The third kappa shape index (κ3) is 6.92. The number of carboxylic acids is 4. The lowest BCUT2D eigenvalue weighted by Crippen LogP contribution is -2.02. The van der Waals surface area contributed by atoms with Gasteiger partial charge in [0, 0.05) is 0 Å². The van der Waals surface area contributed by atoms with Crippen molar-refractivity contribution >= 4 is 56.2 Å². The molecular formula is C48H34O8. The smallest absolute Gasteiger partial charge is 0.335 e. The molecule has 0 heterocycles. The first-order chi connectivity index (χ1) is 27.0. The predicted molar refractivity (Wildman–Crippen MR) is 215 cm³/mol. The number of hydrogen-bond acceptors (Lipinski definition) is 4. The Kier molecular flexibility index (Phi) is 9.24. The van der Waals surface area contributed by atoms with Gasteiger partial charge in [0.05, 0.1) is 22.3 Å². The Balaban J connectivity index is 1.35. The van der Waals surface area contributed by atoms with Crippen LogP contribution in [0, 0.1) is 0 Å². The normalized spacial score (nSPS) is 11.4. The monoisotopic (exact) mass is 738 g/mol. The maximum absolute atomic E-state index is 11.6. The van der Waals surface area contributed by atoms with Crippen molar-refractivity contribution in [3.8, 4) is 0 Å². The van der Waals surface area contributed by atoms with Gasteiger partial charge in [-0.1, -0.05) is 84.9 Å². The van der Waals surface area contributed by atoms with Crippen LogP contribution < -0.4 is 0 Å². The van der Waals surface area contributed by atoms with Crippen LogP contribution in [0.15, 0.2) is 133 Å². The Bertz CT molecular complexity index is 2430. The number of hydrogen-bond donors (Lipinski definition) is 4. The van der Waals surface area contributed by atoms with Crippen LogP contribution >= 0.6 is 0 Å². The highest BCUT2D eigenvalue weighted by Gasteiger charge is 2.20. The fourth-order valence-corrected chi connectivity index (χ4v) is 7.82. The summed E-state index contributed by atoms with van der Waals surface area (Å²) in [5.41, 5.74) is 8.93. The molecule has 8 nitrogen and oxygen atoms in total. The lowest BCUT2D eigenvalue weighted by atomic mass is 9.82. The number of aromatic carboxylic acids is 4. The Morgan fingerprint density at radius 2 is 0.500 bits per heavy atom. The molecule has 0 saturated carbocycles. The second-order valence-corrected chi connectivity index (χ2v) is 14.2. The van der Waals surface area contributed by atoms with Crippen LogP contribution in [0.3, 0.4) is 0 Å². The Hall–Kier alpha value is -7.32. The van der Waals surface area contributed by atoms with E-state index in [0.717, 1.165) is 76.8 Å². The summed E-state index contributed by atoms with van der Waals surface area (Å²) < 4.78 is 0. The van der Waals surface area contributed by atoms with Gasteiger partial charge < -0.3 is 20.4 Å². The highest BCUT2D eigenvalue weighted by molar-refractivity contribution is 6.25. The summed E-state index contributed by atoms with van der Waals surface area (Å²) in [5.74, 6) is -3.95. The molecule has 8 rings (SSSR count). The van der Waals surface area contributed by atoms with E-state index in [1.807, 2.05) is 48.5 Å². The molecule has 0 aromatic heterocycles. The van der Waals surface area contributed by atoms with Crippen LogP contribution in [-0.4, -0.2) is 44.3 Å². The number of benzene rings is 8. The summed E-state index contributed by atoms with van der Waals surface area (Å²) in [4.78, 5) is 46.4. The maximum atomic E-state index is 11.6. The third-order valence-electron chi connectivity index (χ3n) is 10.6. The van der Waals surface area contributed by atoms with E-state index in [4.69, 9.17) is 0 Å². The summed E-state index contributed by atoms with van der Waals surface area (Å²) in [5, 5.41) is 44.4. The van der Waals surface area contributed by atoms with Crippen molar-refractivity contribution in [2.24, 2.45) is 0 Å². The van der Waals surface area contributed by atoms with Crippen molar-refractivity contribution in [2.45, 2.75) is 25.7 Å². The first kappa shape index (κ1) is 35.7. The van der Waals surface area contributed by atoms with E-state index < -0.39 is 23.9 Å². The molecule has 0 unspecified atom stereocenters. The van der Waals surface area contributed by atoms with Gasteiger partial charge in [0.2, 0.25) is 0 Å². The molecule has 8 aromatic carbocycles. The molecule has 8 heteroatoms. The molecule has 0 spiro atoms. The van der Waals surface area contributed by atoms with Gasteiger partial charge in [0.25, 0.3) is 0 Å². The lowest BCUT2D eigenvalue weighted by molar-refractivity contribution is 0.0686. The van der Waals surface area contributed by atoms with Crippen LogP contribution in [-0.2, 0) is 25.7 Å². The molecule has 0 aliphatic rings. The zero-order valence-corrected chi connectivity index (χ0v) is 30.0. The Morgan fingerprint density at radius 3 is 0.679 bits per heavy atom. The minimum Gasteiger partial charge on any atom is -0.478 e. The standard InChI is InChI=1S/C48H34O8/c49-45(50)31-9-1-27(2-10-31)21-35-25-36(22-28-3-11-32(12-4-28)46(51)52)40-19-20-42-38(24-30-7-15-34(16-8-30)48(55)56)26-37(41-18-17-39(35)43(40)44(41)42)23-29-5-13-33(14-6-29)47(53)54/h1-20,25-26H,21-24H2,(H,49,50)(H,51,52)(H,53,54)(H,55,56). The molecule has 4 N–H and O–H groups in total. The fraction of sp³-hybridized carbons (Fsp3) is 0.0833. The summed E-state index contributed by atoms with van der Waals surface area (Å²) in [6.07, 6.45) is 2.18. The molecule has 0 amide bonds. The summed E-state index contributed by atoms with van der Waals surface area (Å²) in [6, 6.07) is 40.6. The third-order valence-corrected chi connectivity index (χ3v) is 10.6. The van der Waals surface area contributed by atoms with E-state index in [2.05, 4.69) is 36.4 Å². The molecule has 0 saturated heterocycles. The molecule has 56 heavy (non-hydrogen) atoms. The summed E-state index contributed by atoms with van der Waals surface area (Å²) in [6.45, 7) is 0. The molecule has 0 fully saturated rings. The second-order valence-electron chi connectivity index (χ2n) is 14.2. The van der Waals surface area contributed by atoms with Crippen molar-refractivity contribution < 1.29 is 39.6 Å². The molecule has 0 aliphatic carbocycles. The van der Waals surface area contributed by atoms with Crippen molar-refractivity contribution in [3.63, 3.8) is 0 Å². The SMILES string of the molecule is O=C(O)c1ccc(Cc2cc(Cc3ccc(C(=O)O)cc3)c3ccc4c(Cc5ccc(C(=O)O)cc5)cc(Cc5ccc(C(=O)O)cc5)c5ccc2c3c54)cc1. The molecule has 0 radical (unpaired) electrons. The van der Waals surface area contributed by atoms with Crippen LogP contribution in [0.2, 0.25) is 0 Å². The number of carbonyl (C=O) groups is 4. The fourth-order valence-electron chi connectivity index (χ4n) is 7.82. The summed E-state index contributed by atoms with van der Waals surface area (Å²) in [7, 11) is 0. The van der Waals surface area contributed by atoms with Gasteiger partial charge >= 0.3 is 23.9 Å². The second kappa shape index (κ2) is 14.5. The first-order valence-corrected chi connectivity index (χ1v) is 18.1. The van der Waals surface area contributed by atoms with Crippen molar-refractivity contribution in [3.05, 3.63) is 200 Å². The maximum Gasteiger partial charge on any atom is 0.335 e. The van der Waals surface area contributed by atoms with Gasteiger partial charge in [0.1, 0.15) is 0 Å². The van der Waals surface area contributed by atoms with Crippen LogP contribution in [0.25, 0.3) is 32.3 Å². The van der Waals surface area contributed by atoms with Gasteiger partial charge in [-0.2, -0.15) is 0 Å². The van der Waals surface area contributed by atoms with E-state index in [-0.39, 0.29) is 22.3 Å². The topological polar surface area (TPSA) is 149 Å². The summed E-state index contributed by atoms with van der Waals surface area (Å²) >= 11 is 0. The number of carboxylic acid groups (broad SMARTS) is 4. The Morgan fingerprint density at radius 1 is 0.304 bits per heavy atom. The van der Waals surface area contributed by atoms with Crippen LogP contribution in [0.4, 0.5) is 0 Å². The minimum atomic E-state index is -0.988. The zero-order valence-electron chi connectivity index (χ0n) is 30.0. The van der Waals surface area contributed by atoms with Crippen LogP contribution in [0.5, 0.6) is 0 Å². The van der Waals surface area contributed by atoms with E-state index >= 15 is 0 Å². The predicted octanol–water partition coefficient (Wildman–Crippen LogP) is 9.74. The largest absolute Gasteiger partial charge is 0.478 e. The average molecular weight is 739 g/mol. The van der Waals surface area contributed by atoms with Crippen molar-refractivity contribution in [1.29, 1.82) is 0 Å². The van der Waals surface area contributed by atoms with Gasteiger partial charge in [-0.3, -0.25) is 0 Å². The van der Waals surface area contributed by atoms with Gasteiger partial charge in [-0.25, -0.2) is 19.2 Å². The van der Waals surface area contributed by atoms with Crippen molar-refractivity contribution in [2.75, 3.05) is 0 Å². The zero-order chi connectivity index (χ0) is 39.1. The van der Waals surface area contributed by atoms with E-state index in [1.165, 1.54) is 0 Å². The molecule has 0 aliphatic heterocycles. The quantitative estimate of drug-likeness (QED) is 0.0906. The molecule has 274 valence electrons. The average Bonchev–Trinajstić information content (AvgIpc) is 3.19. The Labute approximate surface area is 320 Å². The van der Waals surface area contributed by atoms with E-state index in [1.54, 1.807) is 48.5 Å². The van der Waals surface area contributed by atoms with Crippen LogP contribution in [0.1, 0.15) is 85.9 Å². The van der Waals surface area contributed by atoms with Gasteiger partial charge in [-0.15, -0.1) is 0 Å². The van der Waals surface area contributed by atoms with Gasteiger partial charge in [0.15, 0.2) is 0 Å². The first-order valence-electron chi connectivity index (χ1n) is 18.1. The highest BCUT2D eigenvalue weighted by atomic mass is 16.4. The van der Waals surface area contributed by atoms with Crippen molar-refractivity contribution in [1.82, 2.24) is 0 Å². The highest BCUT2D eigenvalue weighted by Crippen LogP contribution is 2.42. The molecule has 0 bridgehead atoms. The van der Waals surface area contributed by atoms with E-state index in [0.29, 0.717) is 25.7 Å². The molecule has 8 aromatic rings. The van der Waals surface area contributed by atoms with Gasteiger partial charge in [-0.05, 0) is 151 Å².